The lowest BCUT2D eigenvalue weighted by Gasteiger charge is -2.01. The molecule has 1 unspecified atom stereocenters. The summed E-state index contributed by atoms with van der Waals surface area (Å²) in [5.41, 5.74) is 1.45. The second-order valence-electron chi connectivity index (χ2n) is 2.95. The van der Waals surface area contributed by atoms with Gasteiger partial charge in [-0.15, -0.1) is 11.3 Å². The standard InChI is InChI=1S/C8H10OS/c1-6-3-4-10-7(6)8(2)5-9-8/h3-4H,5H2,1-2H3. The van der Waals surface area contributed by atoms with Gasteiger partial charge < -0.3 is 4.74 Å². The van der Waals surface area contributed by atoms with Gasteiger partial charge in [-0.3, -0.25) is 0 Å². The fraction of sp³-hybridized carbons (Fsp3) is 0.500. The van der Waals surface area contributed by atoms with Crippen LogP contribution >= 0.6 is 11.3 Å². The van der Waals surface area contributed by atoms with Gasteiger partial charge in [-0.05, 0) is 30.9 Å². The molecule has 0 N–H and O–H groups in total. The van der Waals surface area contributed by atoms with Crippen molar-refractivity contribution in [3.63, 3.8) is 0 Å². The van der Waals surface area contributed by atoms with E-state index in [2.05, 4.69) is 25.3 Å². The van der Waals surface area contributed by atoms with E-state index >= 15 is 0 Å². The summed E-state index contributed by atoms with van der Waals surface area (Å²) in [6.07, 6.45) is 0. The smallest absolute Gasteiger partial charge is 0.123 e. The quantitative estimate of drug-likeness (QED) is 0.565. The molecule has 1 nitrogen and oxygen atoms in total. The number of hydrogen-bond donors (Lipinski definition) is 0. The fourth-order valence-electron chi connectivity index (χ4n) is 1.15. The zero-order chi connectivity index (χ0) is 7.19. The average Bonchev–Trinajstić information content (AvgIpc) is 2.44. The molecule has 0 radical (unpaired) electrons. The molecule has 1 aromatic rings. The minimum Gasteiger partial charge on any atom is -0.364 e. The maximum absolute atomic E-state index is 5.33. The molecular formula is C8H10OS. The molecular weight excluding hydrogens is 144 g/mol. The second kappa shape index (κ2) is 1.83. The van der Waals surface area contributed by atoms with Crippen LogP contribution in [0.15, 0.2) is 11.4 Å². The van der Waals surface area contributed by atoms with Crippen molar-refractivity contribution in [1.82, 2.24) is 0 Å². The molecule has 2 heterocycles. The van der Waals surface area contributed by atoms with Crippen LogP contribution in [-0.2, 0) is 10.3 Å². The van der Waals surface area contributed by atoms with Gasteiger partial charge in [0.2, 0.25) is 0 Å². The van der Waals surface area contributed by atoms with Gasteiger partial charge in [-0.1, -0.05) is 0 Å². The predicted molar refractivity (Wildman–Crippen MR) is 42.4 cm³/mol. The summed E-state index contributed by atoms with van der Waals surface area (Å²) in [7, 11) is 0. The maximum Gasteiger partial charge on any atom is 0.123 e. The summed E-state index contributed by atoms with van der Waals surface area (Å²) in [5.74, 6) is 0. The highest BCUT2D eigenvalue weighted by Crippen LogP contribution is 2.42. The number of thiophene rings is 1. The first-order chi connectivity index (χ1) is 4.72. The Hall–Kier alpha value is -0.340. The van der Waals surface area contributed by atoms with Crippen molar-refractivity contribution in [3.8, 4) is 0 Å². The van der Waals surface area contributed by atoms with E-state index in [-0.39, 0.29) is 5.60 Å². The third-order valence-corrected chi connectivity index (χ3v) is 3.18. The molecule has 2 rings (SSSR count). The predicted octanol–water partition coefficient (Wildman–Crippen LogP) is 2.30. The summed E-state index contributed by atoms with van der Waals surface area (Å²) in [4.78, 5) is 1.40. The van der Waals surface area contributed by atoms with Crippen LogP contribution in [-0.4, -0.2) is 6.61 Å². The first-order valence-corrected chi connectivity index (χ1v) is 4.29. The molecule has 0 amide bonds. The Labute approximate surface area is 64.6 Å². The van der Waals surface area contributed by atoms with Crippen molar-refractivity contribution in [2.45, 2.75) is 19.4 Å². The lowest BCUT2D eigenvalue weighted by atomic mass is 10.1. The van der Waals surface area contributed by atoms with Crippen molar-refractivity contribution in [2.75, 3.05) is 6.61 Å². The Morgan fingerprint density at radius 3 is 2.80 bits per heavy atom. The van der Waals surface area contributed by atoms with E-state index in [1.165, 1.54) is 10.4 Å². The first-order valence-electron chi connectivity index (χ1n) is 3.41. The van der Waals surface area contributed by atoms with Crippen LogP contribution in [0.2, 0.25) is 0 Å². The van der Waals surface area contributed by atoms with Gasteiger partial charge in [0.1, 0.15) is 5.60 Å². The van der Waals surface area contributed by atoms with Crippen LogP contribution < -0.4 is 0 Å². The van der Waals surface area contributed by atoms with Gasteiger partial charge in [-0.2, -0.15) is 0 Å². The molecule has 1 aromatic heterocycles. The molecule has 2 heteroatoms. The van der Waals surface area contributed by atoms with E-state index < -0.39 is 0 Å². The monoisotopic (exact) mass is 154 g/mol. The molecule has 54 valence electrons. The Balaban J connectivity index is 2.42. The zero-order valence-electron chi connectivity index (χ0n) is 6.18. The van der Waals surface area contributed by atoms with Crippen molar-refractivity contribution < 1.29 is 4.74 Å². The minimum absolute atomic E-state index is 0.0816. The van der Waals surface area contributed by atoms with Crippen LogP contribution in [0.4, 0.5) is 0 Å². The van der Waals surface area contributed by atoms with Crippen molar-refractivity contribution in [2.24, 2.45) is 0 Å². The number of hydrogen-bond acceptors (Lipinski definition) is 2. The van der Waals surface area contributed by atoms with Crippen LogP contribution in [0.3, 0.4) is 0 Å². The number of ether oxygens (including phenoxy) is 1. The fourth-order valence-corrected chi connectivity index (χ4v) is 2.18. The largest absolute Gasteiger partial charge is 0.364 e. The van der Waals surface area contributed by atoms with E-state index in [9.17, 15) is 0 Å². The van der Waals surface area contributed by atoms with Gasteiger partial charge in [0.25, 0.3) is 0 Å². The SMILES string of the molecule is Cc1ccsc1C1(C)CO1. The molecule has 1 fully saturated rings. The highest BCUT2D eigenvalue weighted by Gasteiger charge is 2.43. The van der Waals surface area contributed by atoms with Crippen LogP contribution in [0.5, 0.6) is 0 Å². The van der Waals surface area contributed by atoms with Crippen LogP contribution in [0, 0.1) is 6.92 Å². The lowest BCUT2D eigenvalue weighted by molar-refractivity contribution is 0.333. The molecule has 10 heavy (non-hydrogen) atoms. The Kier molecular flexibility index (Phi) is 1.17. The van der Waals surface area contributed by atoms with Gasteiger partial charge in [0.05, 0.1) is 6.61 Å². The molecule has 1 atom stereocenters. The first kappa shape index (κ1) is 6.38. The van der Waals surface area contributed by atoms with E-state index in [4.69, 9.17) is 4.74 Å². The average molecular weight is 154 g/mol. The van der Waals surface area contributed by atoms with Crippen molar-refractivity contribution in [1.29, 1.82) is 0 Å². The molecule has 0 saturated carbocycles. The minimum atomic E-state index is 0.0816. The topological polar surface area (TPSA) is 12.5 Å². The number of aryl methyl sites for hydroxylation is 1. The third kappa shape index (κ3) is 0.796. The van der Waals surface area contributed by atoms with Gasteiger partial charge in [0, 0.05) is 4.88 Å². The van der Waals surface area contributed by atoms with E-state index in [0.717, 1.165) is 6.61 Å². The van der Waals surface area contributed by atoms with Crippen molar-refractivity contribution >= 4 is 11.3 Å². The van der Waals surface area contributed by atoms with E-state index in [1.54, 1.807) is 11.3 Å². The Morgan fingerprint density at radius 2 is 2.40 bits per heavy atom. The van der Waals surface area contributed by atoms with Crippen LogP contribution in [0.25, 0.3) is 0 Å². The van der Waals surface area contributed by atoms with Gasteiger partial charge >= 0.3 is 0 Å². The lowest BCUT2D eigenvalue weighted by Crippen LogP contribution is -1.99. The second-order valence-corrected chi connectivity index (χ2v) is 3.87. The Bertz CT molecular complexity index is 248. The molecule has 0 aromatic carbocycles. The number of rotatable bonds is 1. The normalized spacial score (nSPS) is 30.6. The molecule has 1 saturated heterocycles. The van der Waals surface area contributed by atoms with Crippen LogP contribution in [0.1, 0.15) is 17.4 Å². The van der Waals surface area contributed by atoms with E-state index in [1.807, 2.05) is 0 Å². The maximum atomic E-state index is 5.33. The van der Waals surface area contributed by atoms with Crippen molar-refractivity contribution in [3.05, 3.63) is 21.9 Å². The highest BCUT2D eigenvalue weighted by atomic mass is 32.1. The Morgan fingerprint density at radius 1 is 1.70 bits per heavy atom. The molecule has 1 aliphatic rings. The van der Waals surface area contributed by atoms with Gasteiger partial charge in [-0.25, -0.2) is 0 Å². The number of epoxide rings is 1. The summed E-state index contributed by atoms with van der Waals surface area (Å²) in [6.45, 7) is 5.18. The summed E-state index contributed by atoms with van der Waals surface area (Å²) >= 11 is 1.79. The molecule has 0 aliphatic carbocycles. The summed E-state index contributed by atoms with van der Waals surface area (Å²) < 4.78 is 5.33. The van der Waals surface area contributed by atoms with Gasteiger partial charge in [0.15, 0.2) is 0 Å². The third-order valence-electron chi connectivity index (χ3n) is 1.92. The molecule has 0 spiro atoms. The summed E-state index contributed by atoms with van der Waals surface area (Å²) in [6, 6.07) is 2.15. The van der Waals surface area contributed by atoms with E-state index in [0.29, 0.717) is 0 Å². The highest BCUT2D eigenvalue weighted by molar-refractivity contribution is 7.10. The summed E-state index contributed by atoms with van der Waals surface area (Å²) in [5, 5.41) is 2.12. The molecule has 0 bridgehead atoms. The zero-order valence-corrected chi connectivity index (χ0v) is 6.99. The molecule has 1 aliphatic heterocycles.